The first-order chi connectivity index (χ1) is 9.50. The van der Waals surface area contributed by atoms with E-state index in [0.717, 1.165) is 24.7 Å². The van der Waals surface area contributed by atoms with E-state index in [9.17, 15) is 4.79 Å². The van der Waals surface area contributed by atoms with E-state index < -0.39 is 0 Å². The quantitative estimate of drug-likeness (QED) is 0.534. The molecule has 0 spiro atoms. The summed E-state index contributed by atoms with van der Waals surface area (Å²) in [5.41, 5.74) is 0.232. The molecule has 3 heteroatoms. The van der Waals surface area contributed by atoms with Gasteiger partial charge in [0.25, 0.3) is 0 Å². The Bertz CT molecular complexity index is 378. The van der Waals surface area contributed by atoms with Gasteiger partial charge in [0.1, 0.15) is 0 Å². The molecule has 0 radical (unpaired) electrons. The van der Waals surface area contributed by atoms with Crippen LogP contribution in [-0.4, -0.2) is 16.9 Å². The van der Waals surface area contributed by atoms with Crippen LogP contribution in [0, 0.1) is 23.2 Å². The molecule has 0 amide bonds. The third kappa shape index (κ3) is 2.44. The maximum Gasteiger partial charge on any atom is 0.309 e. The first kappa shape index (κ1) is 14.9. The Labute approximate surface area is 131 Å². The number of carbonyl (C=O) groups excluding carboxylic acids is 1. The Kier molecular flexibility index (Phi) is 3.94. The van der Waals surface area contributed by atoms with Gasteiger partial charge in [0.05, 0.1) is 12.5 Å². The molecule has 0 aromatic heterocycles. The lowest BCUT2D eigenvalue weighted by Crippen LogP contribution is -2.56. The molecule has 0 aliphatic heterocycles. The van der Waals surface area contributed by atoms with Crippen molar-refractivity contribution in [2.45, 2.75) is 69.5 Å². The summed E-state index contributed by atoms with van der Waals surface area (Å²) in [4.78, 5) is 12.5. The van der Waals surface area contributed by atoms with Crippen LogP contribution in [0.3, 0.4) is 0 Å². The van der Waals surface area contributed by atoms with Gasteiger partial charge in [-0.3, -0.25) is 4.79 Å². The third-order valence-electron chi connectivity index (χ3n) is 5.92. The Morgan fingerprint density at radius 2 is 1.90 bits per heavy atom. The van der Waals surface area contributed by atoms with Crippen LogP contribution in [0.1, 0.15) is 65.2 Å². The van der Waals surface area contributed by atoms with Gasteiger partial charge in [-0.15, -0.1) is 0 Å². The maximum atomic E-state index is 12.5. The lowest BCUT2D eigenvalue weighted by Gasteiger charge is -2.62. The van der Waals surface area contributed by atoms with Crippen LogP contribution < -0.4 is 0 Å². The fourth-order valence-corrected chi connectivity index (χ4v) is 7.31. The molecule has 3 unspecified atom stereocenters. The number of halogens is 1. The zero-order valence-electron chi connectivity index (χ0n) is 12.8. The molecule has 0 N–H and O–H groups in total. The van der Waals surface area contributed by atoms with E-state index in [1.54, 1.807) is 0 Å². The topological polar surface area (TPSA) is 26.3 Å². The highest BCUT2D eigenvalue weighted by atomic mass is 79.9. The first-order valence-corrected chi connectivity index (χ1v) is 9.15. The van der Waals surface area contributed by atoms with E-state index in [4.69, 9.17) is 4.74 Å². The van der Waals surface area contributed by atoms with Crippen LogP contribution in [-0.2, 0) is 9.53 Å². The summed E-state index contributed by atoms with van der Waals surface area (Å²) in [5, 5.41) is 0. The van der Waals surface area contributed by atoms with Crippen molar-refractivity contribution in [3.05, 3.63) is 0 Å². The molecule has 4 bridgehead atoms. The molecule has 4 saturated carbocycles. The van der Waals surface area contributed by atoms with E-state index in [0.29, 0.717) is 10.9 Å². The predicted octanol–water partition coefficient (Wildman–Crippen LogP) is 4.70. The zero-order valence-corrected chi connectivity index (χ0v) is 14.4. The molecule has 114 valence electrons. The van der Waals surface area contributed by atoms with Crippen molar-refractivity contribution >= 4 is 21.9 Å². The van der Waals surface area contributed by atoms with Gasteiger partial charge in [-0.2, -0.15) is 0 Å². The van der Waals surface area contributed by atoms with Gasteiger partial charge in [-0.05, 0) is 69.1 Å². The molecule has 4 rings (SSSR count). The number of alkyl halides is 1. The number of ether oxygens (including phenoxy) is 1. The zero-order chi connectivity index (χ0) is 14.4. The highest BCUT2D eigenvalue weighted by Gasteiger charge is 2.60. The van der Waals surface area contributed by atoms with Gasteiger partial charge in [0.15, 0.2) is 0 Å². The van der Waals surface area contributed by atoms with Crippen LogP contribution >= 0.6 is 15.9 Å². The van der Waals surface area contributed by atoms with Crippen LogP contribution in [0.15, 0.2) is 0 Å². The van der Waals surface area contributed by atoms with Crippen molar-refractivity contribution in [2.75, 3.05) is 6.61 Å². The average Bonchev–Trinajstić information content (AvgIpc) is 2.32. The normalized spacial score (nSPS) is 43.5. The summed E-state index contributed by atoms with van der Waals surface area (Å²) >= 11 is 4.05. The second-order valence-corrected chi connectivity index (χ2v) is 9.25. The van der Waals surface area contributed by atoms with Gasteiger partial charge in [0.2, 0.25) is 0 Å². The minimum Gasteiger partial charge on any atom is -0.466 e. The highest BCUT2D eigenvalue weighted by molar-refractivity contribution is 9.10. The van der Waals surface area contributed by atoms with Crippen molar-refractivity contribution < 1.29 is 9.53 Å². The van der Waals surface area contributed by atoms with Gasteiger partial charge >= 0.3 is 5.97 Å². The molecular weight excluding hydrogens is 316 g/mol. The van der Waals surface area contributed by atoms with E-state index in [1.165, 1.54) is 38.5 Å². The number of hydrogen-bond acceptors (Lipinski definition) is 2. The number of rotatable bonds is 5. The average molecular weight is 343 g/mol. The minimum atomic E-state index is 0.0763. The van der Waals surface area contributed by atoms with Crippen LogP contribution in [0.25, 0.3) is 0 Å². The van der Waals surface area contributed by atoms with Crippen LogP contribution in [0.4, 0.5) is 0 Å². The molecule has 4 fully saturated rings. The van der Waals surface area contributed by atoms with Crippen LogP contribution in [0.2, 0.25) is 0 Å². The number of esters is 1. The molecule has 0 heterocycles. The summed E-state index contributed by atoms with van der Waals surface area (Å²) < 4.78 is 5.75. The Morgan fingerprint density at radius 3 is 2.40 bits per heavy atom. The largest absolute Gasteiger partial charge is 0.466 e. The van der Waals surface area contributed by atoms with Crippen LogP contribution in [0.5, 0.6) is 0 Å². The summed E-state index contributed by atoms with van der Waals surface area (Å²) in [6.45, 7) is 4.63. The Hall–Kier alpha value is -0.0500. The smallest absolute Gasteiger partial charge is 0.309 e. The van der Waals surface area contributed by atoms with E-state index in [1.807, 2.05) is 6.92 Å². The van der Waals surface area contributed by atoms with Crippen molar-refractivity contribution in [3.63, 3.8) is 0 Å². The molecule has 3 atom stereocenters. The monoisotopic (exact) mass is 342 g/mol. The molecule has 0 aromatic carbocycles. The van der Waals surface area contributed by atoms with E-state index in [2.05, 4.69) is 22.9 Å². The molecule has 20 heavy (non-hydrogen) atoms. The first-order valence-electron chi connectivity index (χ1n) is 8.36. The SMILES string of the molecule is CCCC(C(=O)OCC)C12CC3CC(CC(Br)(C3)C1)C2. The molecular formula is C17H27BrO2. The Balaban J connectivity index is 1.87. The van der Waals surface area contributed by atoms with Crippen molar-refractivity contribution in [1.29, 1.82) is 0 Å². The summed E-state index contributed by atoms with van der Waals surface area (Å²) in [5.74, 6) is 1.89. The van der Waals surface area contributed by atoms with Gasteiger partial charge in [-0.25, -0.2) is 0 Å². The number of hydrogen-bond donors (Lipinski definition) is 0. The minimum absolute atomic E-state index is 0.0763. The van der Waals surface area contributed by atoms with Gasteiger partial charge in [0, 0.05) is 4.32 Å². The molecule has 4 aliphatic rings. The second kappa shape index (κ2) is 5.30. The van der Waals surface area contributed by atoms with Crippen molar-refractivity contribution in [3.8, 4) is 0 Å². The summed E-state index contributed by atoms with van der Waals surface area (Å²) in [6.07, 6.45) is 9.85. The standard InChI is InChI=1S/C17H27BrO2/c1-3-5-14(15(19)20-4-2)16-7-12-6-13(8-16)10-17(18,9-12)11-16/h12-14H,3-11H2,1-2H3. The van der Waals surface area contributed by atoms with Crippen molar-refractivity contribution in [1.82, 2.24) is 0 Å². The third-order valence-corrected chi connectivity index (χ3v) is 6.85. The predicted molar refractivity (Wildman–Crippen MR) is 83.8 cm³/mol. The van der Waals surface area contributed by atoms with Gasteiger partial charge < -0.3 is 4.74 Å². The second-order valence-electron chi connectivity index (χ2n) is 7.57. The van der Waals surface area contributed by atoms with Gasteiger partial charge in [-0.1, -0.05) is 29.3 Å². The summed E-state index contributed by atoms with van der Waals surface area (Å²) in [6, 6.07) is 0. The molecule has 0 saturated heterocycles. The fraction of sp³-hybridized carbons (Fsp3) is 0.941. The van der Waals surface area contributed by atoms with Crippen molar-refractivity contribution in [2.24, 2.45) is 23.2 Å². The Morgan fingerprint density at radius 1 is 1.25 bits per heavy atom. The highest BCUT2D eigenvalue weighted by Crippen LogP contribution is 2.67. The lowest BCUT2D eigenvalue weighted by molar-refractivity contribution is -0.162. The fourth-order valence-electron chi connectivity index (χ4n) is 5.83. The summed E-state index contributed by atoms with van der Waals surface area (Å²) in [7, 11) is 0. The molecule has 4 aliphatic carbocycles. The number of carbonyl (C=O) groups is 1. The van der Waals surface area contributed by atoms with E-state index in [-0.39, 0.29) is 17.3 Å². The van der Waals surface area contributed by atoms with E-state index >= 15 is 0 Å². The molecule has 2 nitrogen and oxygen atoms in total. The molecule has 0 aromatic rings. The lowest BCUT2D eigenvalue weighted by atomic mass is 9.46. The maximum absolute atomic E-state index is 12.5.